The molecule has 268 valence electrons. The van der Waals surface area contributed by atoms with E-state index >= 15 is 0 Å². The molecule has 11 rings (SSSR count). The van der Waals surface area contributed by atoms with Gasteiger partial charge in [-0.3, -0.25) is 0 Å². The smallest absolute Gasteiger partial charge is 0.0547 e. The normalized spacial score (nSPS) is 11.5. The zero-order chi connectivity index (χ0) is 37.7. The van der Waals surface area contributed by atoms with E-state index in [2.05, 4.69) is 228 Å². The first-order chi connectivity index (χ1) is 28.2. The molecule has 0 bridgehead atoms. The Kier molecular flexibility index (Phi) is 8.04. The average Bonchev–Trinajstić information content (AvgIpc) is 3.82. The lowest BCUT2D eigenvalue weighted by molar-refractivity contribution is 1.19. The van der Waals surface area contributed by atoms with Crippen LogP contribution in [0.25, 0.3) is 81.0 Å². The van der Waals surface area contributed by atoms with Crippen LogP contribution in [0.2, 0.25) is 0 Å². The SMILES string of the molecule is c1ccc(-c2ccc(N(c3ccc(-c4ccccc4)cc3)c3ccc4c(c3)sc3ccc(-n5c6ccccc6c6ccc(-c7ccccc7)cc65)cc34)cc2)cc1. The van der Waals surface area contributed by atoms with Crippen LogP contribution in [-0.2, 0) is 0 Å². The van der Waals surface area contributed by atoms with E-state index in [4.69, 9.17) is 0 Å². The van der Waals surface area contributed by atoms with Crippen molar-refractivity contribution in [1.82, 2.24) is 4.57 Å². The summed E-state index contributed by atoms with van der Waals surface area (Å²) in [5.74, 6) is 0. The van der Waals surface area contributed by atoms with Crippen LogP contribution < -0.4 is 4.90 Å². The van der Waals surface area contributed by atoms with Crippen molar-refractivity contribution in [3.8, 4) is 39.1 Å². The Morgan fingerprint density at radius 3 is 1.42 bits per heavy atom. The first kappa shape index (κ1) is 33.2. The third kappa shape index (κ3) is 5.88. The maximum absolute atomic E-state index is 2.44. The van der Waals surface area contributed by atoms with Gasteiger partial charge >= 0.3 is 0 Å². The van der Waals surface area contributed by atoms with Gasteiger partial charge in [-0.25, -0.2) is 0 Å². The van der Waals surface area contributed by atoms with Gasteiger partial charge in [0.15, 0.2) is 0 Å². The highest BCUT2D eigenvalue weighted by Crippen LogP contribution is 2.43. The molecule has 0 amide bonds. The Balaban J connectivity index is 1.03. The fourth-order valence-corrected chi connectivity index (χ4v) is 9.52. The minimum Gasteiger partial charge on any atom is -0.310 e. The number of benzene rings is 9. The Hall–Kier alpha value is -7.20. The van der Waals surface area contributed by atoms with Gasteiger partial charge in [0, 0.05) is 53.7 Å². The molecule has 0 spiro atoms. The van der Waals surface area contributed by atoms with Crippen molar-refractivity contribution < 1.29 is 0 Å². The predicted molar refractivity (Wildman–Crippen MR) is 245 cm³/mol. The first-order valence-electron chi connectivity index (χ1n) is 19.4. The summed E-state index contributed by atoms with van der Waals surface area (Å²) >= 11 is 1.86. The molecule has 0 aliphatic heterocycles. The third-order valence-electron chi connectivity index (χ3n) is 11.2. The summed E-state index contributed by atoms with van der Waals surface area (Å²) in [6.45, 7) is 0. The van der Waals surface area contributed by atoms with Crippen LogP contribution >= 0.6 is 11.3 Å². The molecule has 57 heavy (non-hydrogen) atoms. The summed E-state index contributed by atoms with van der Waals surface area (Å²) in [6.07, 6.45) is 0. The summed E-state index contributed by atoms with van der Waals surface area (Å²) in [4.78, 5) is 2.38. The van der Waals surface area contributed by atoms with Crippen molar-refractivity contribution in [1.29, 1.82) is 0 Å². The van der Waals surface area contributed by atoms with E-state index in [0.29, 0.717) is 0 Å². The standard InChI is InChI=1S/C54H36N2S/c1-4-12-37(13-5-1)40-20-25-43(26-21-40)55(44-27-22-41(23-28-44)38-14-6-2-7-15-38)46-29-32-49-50-35-45(30-33-53(50)57-54(49)36-46)56-51-19-11-10-18-47(51)48-31-24-42(34-52(48)56)39-16-8-3-9-17-39/h1-36H. The number of rotatable bonds is 7. The molecular formula is C54H36N2S. The lowest BCUT2D eigenvalue weighted by atomic mass is 10.0. The monoisotopic (exact) mass is 744 g/mol. The zero-order valence-corrected chi connectivity index (χ0v) is 31.9. The van der Waals surface area contributed by atoms with Crippen molar-refractivity contribution in [2.45, 2.75) is 0 Å². The van der Waals surface area contributed by atoms with Crippen molar-refractivity contribution in [2.24, 2.45) is 0 Å². The zero-order valence-electron chi connectivity index (χ0n) is 31.1. The molecule has 3 heteroatoms. The molecule has 0 fully saturated rings. The van der Waals surface area contributed by atoms with Crippen LogP contribution in [0.15, 0.2) is 218 Å². The van der Waals surface area contributed by atoms with Crippen molar-refractivity contribution in [3.63, 3.8) is 0 Å². The van der Waals surface area contributed by atoms with E-state index < -0.39 is 0 Å². The van der Waals surface area contributed by atoms with Crippen molar-refractivity contribution in [3.05, 3.63) is 218 Å². The maximum atomic E-state index is 2.44. The van der Waals surface area contributed by atoms with Crippen LogP contribution in [0.5, 0.6) is 0 Å². The number of hydrogen-bond donors (Lipinski definition) is 0. The van der Waals surface area contributed by atoms with Gasteiger partial charge in [-0.15, -0.1) is 11.3 Å². The second-order valence-corrected chi connectivity index (χ2v) is 15.7. The van der Waals surface area contributed by atoms with Crippen LogP contribution in [0.4, 0.5) is 17.1 Å². The molecule has 0 unspecified atom stereocenters. The fourth-order valence-electron chi connectivity index (χ4n) is 8.41. The summed E-state index contributed by atoms with van der Waals surface area (Å²) in [5.41, 5.74) is 14.2. The fraction of sp³-hybridized carbons (Fsp3) is 0. The number of para-hydroxylation sites is 1. The van der Waals surface area contributed by atoms with Gasteiger partial charge in [0.25, 0.3) is 0 Å². The first-order valence-corrected chi connectivity index (χ1v) is 20.2. The summed E-state index contributed by atoms with van der Waals surface area (Å²) < 4.78 is 4.98. The minimum absolute atomic E-state index is 1.12. The molecule has 0 saturated heterocycles. The number of hydrogen-bond acceptors (Lipinski definition) is 2. The minimum atomic E-state index is 1.12. The average molecular weight is 745 g/mol. The molecule has 2 heterocycles. The molecule has 0 aliphatic carbocycles. The van der Waals surface area contributed by atoms with Crippen molar-refractivity contribution >= 4 is 70.4 Å². The number of aromatic nitrogens is 1. The molecule has 2 nitrogen and oxygen atoms in total. The van der Waals surface area contributed by atoms with E-state index in [1.54, 1.807) is 0 Å². The molecular weight excluding hydrogens is 709 g/mol. The number of thiophene rings is 1. The van der Waals surface area contributed by atoms with Gasteiger partial charge in [-0.1, -0.05) is 152 Å². The van der Waals surface area contributed by atoms with E-state index in [9.17, 15) is 0 Å². The van der Waals surface area contributed by atoms with Gasteiger partial charge in [0.1, 0.15) is 0 Å². The summed E-state index contributed by atoms with van der Waals surface area (Å²) in [7, 11) is 0. The Morgan fingerprint density at radius 1 is 0.298 bits per heavy atom. The quantitative estimate of drug-likeness (QED) is 0.158. The van der Waals surface area contributed by atoms with Gasteiger partial charge in [-0.2, -0.15) is 0 Å². The molecule has 0 atom stereocenters. The Labute approximate surface area is 335 Å². The number of anilines is 3. The van der Waals surface area contributed by atoms with Crippen LogP contribution in [-0.4, -0.2) is 4.57 Å². The van der Waals surface area contributed by atoms with Gasteiger partial charge in [0.2, 0.25) is 0 Å². The van der Waals surface area contributed by atoms with Crippen LogP contribution in [0.3, 0.4) is 0 Å². The molecule has 0 aliphatic rings. The number of fused-ring (bicyclic) bond motifs is 6. The second-order valence-electron chi connectivity index (χ2n) is 14.6. The molecule has 2 aromatic heterocycles. The number of nitrogens with zero attached hydrogens (tertiary/aromatic N) is 2. The lowest BCUT2D eigenvalue weighted by Gasteiger charge is -2.26. The highest BCUT2D eigenvalue weighted by molar-refractivity contribution is 7.25. The maximum Gasteiger partial charge on any atom is 0.0547 e. The topological polar surface area (TPSA) is 8.17 Å². The second kappa shape index (κ2) is 13.8. The van der Waals surface area contributed by atoms with E-state index in [0.717, 1.165) is 17.1 Å². The predicted octanol–water partition coefficient (Wildman–Crippen LogP) is 15.6. The van der Waals surface area contributed by atoms with Gasteiger partial charge < -0.3 is 9.47 Å². The Morgan fingerprint density at radius 2 is 0.789 bits per heavy atom. The van der Waals surface area contributed by atoms with E-state index in [1.807, 2.05) is 11.3 Å². The summed E-state index contributed by atoms with van der Waals surface area (Å²) in [5, 5.41) is 5.07. The lowest BCUT2D eigenvalue weighted by Crippen LogP contribution is -2.09. The van der Waals surface area contributed by atoms with Crippen LogP contribution in [0, 0.1) is 0 Å². The van der Waals surface area contributed by atoms with Crippen LogP contribution in [0.1, 0.15) is 0 Å². The third-order valence-corrected chi connectivity index (χ3v) is 12.3. The molecule has 9 aromatic carbocycles. The summed E-state index contributed by atoms with van der Waals surface area (Å²) in [6, 6.07) is 79.3. The molecule has 0 radical (unpaired) electrons. The van der Waals surface area contributed by atoms with Gasteiger partial charge in [-0.05, 0) is 100 Å². The molecule has 0 N–H and O–H groups in total. The highest BCUT2D eigenvalue weighted by Gasteiger charge is 2.18. The van der Waals surface area contributed by atoms with E-state index in [1.165, 1.54) is 81.0 Å². The van der Waals surface area contributed by atoms with Crippen molar-refractivity contribution in [2.75, 3.05) is 4.90 Å². The largest absolute Gasteiger partial charge is 0.310 e. The molecule has 0 saturated carbocycles. The molecule has 11 aromatic rings. The van der Waals surface area contributed by atoms with E-state index in [-0.39, 0.29) is 0 Å². The van der Waals surface area contributed by atoms with Gasteiger partial charge in [0.05, 0.1) is 11.0 Å². The highest BCUT2D eigenvalue weighted by atomic mass is 32.1. The Bertz CT molecular complexity index is 3120.